The first kappa shape index (κ1) is 9.97. The van der Waals surface area contributed by atoms with E-state index in [0.717, 1.165) is 18.1 Å². The van der Waals surface area contributed by atoms with Gasteiger partial charge in [0.1, 0.15) is 0 Å². The second-order valence-electron chi connectivity index (χ2n) is 4.24. The van der Waals surface area contributed by atoms with Gasteiger partial charge in [-0.3, -0.25) is 0 Å². The van der Waals surface area contributed by atoms with Gasteiger partial charge in [-0.1, -0.05) is 23.7 Å². The highest BCUT2D eigenvalue weighted by molar-refractivity contribution is 6.30. The SMILES string of the molecule is C[C@@]1(N)CNC[C@H]1c1cccc(Cl)c1. The van der Waals surface area contributed by atoms with Gasteiger partial charge < -0.3 is 11.1 Å². The van der Waals surface area contributed by atoms with E-state index in [0.29, 0.717) is 5.92 Å². The van der Waals surface area contributed by atoms with Gasteiger partial charge >= 0.3 is 0 Å². The molecule has 1 aromatic carbocycles. The van der Waals surface area contributed by atoms with Crippen molar-refractivity contribution in [3.8, 4) is 0 Å². The fourth-order valence-electron chi connectivity index (χ4n) is 2.06. The molecule has 2 atom stereocenters. The first-order valence-corrected chi connectivity index (χ1v) is 5.22. The summed E-state index contributed by atoms with van der Waals surface area (Å²) in [5.74, 6) is 0.362. The Morgan fingerprint density at radius 3 is 2.93 bits per heavy atom. The lowest BCUT2D eigenvalue weighted by molar-refractivity contribution is 0.462. The van der Waals surface area contributed by atoms with Gasteiger partial charge in [0.15, 0.2) is 0 Å². The zero-order valence-electron chi connectivity index (χ0n) is 8.26. The summed E-state index contributed by atoms with van der Waals surface area (Å²) < 4.78 is 0. The van der Waals surface area contributed by atoms with E-state index < -0.39 is 0 Å². The van der Waals surface area contributed by atoms with E-state index in [-0.39, 0.29) is 5.54 Å². The second-order valence-corrected chi connectivity index (χ2v) is 4.68. The highest BCUT2D eigenvalue weighted by atomic mass is 35.5. The number of nitrogens with one attached hydrogen (secondary N) is 1. The average Bonchev–Trinajstić information content (AvgIpc) is 2.45. The molecular weight excluding hydrogens is 196 g/mol. The van der Waals surface area contributed by atoms with Crippen molar-refractivity contribution >= 4 is 11.6 Å². The van der Waals surface area contributed by atoms with Crippen LogP contribution in [-0.2, 0) is 0 Å². The van der Waals surface area contributed by atoms with E-state index in [1.807, 2.05) is 18.2 Å². The molecule has 3 N–H and O–H groups in total. The van der Waals surface area contributed by atoms with Gasteiger partial charge in [-0.2, -0.15) is 0 Å². The van der Waals surface area contributed by atoms with Gasteiger partial charge in [-0.25, -0.2) is 0 Å². The van der Waals surface area contributed by atoms with Crippen LogP contribution in [0.25, 0.3) is 0 Å². The third-order valence-corrected chi connectivity index (χ3v) is 3.14. The number of benzene rings is 1. The van der Waals surface area contributed by atoms with Crippen LogP contribution in [0.2, 0.25) is 5.02 Å². The molecule has 0 saturated carbocycles. The van der Waals surface area contributed by atoms with Gasteiger partial charge in [0.05, 0.1) is 0 Å². The van der Waals surface area contributed by atoms with Crippen molar-refractivity contribution in [1.82, 2.24) is 5.32 Å². The Hall–Kier alpha value is -0.570. The van der Waals surface area contributed by atoms with Crippen molar-refractivity contribution in [3.05, 3.63) is 34.9 Å². The Bertz CT molecular complexity index is 336. The molecule has 1 aromatic rings. The van der Waals surface area contributed by atoms with Gasteiger partial charge in [0, 0.05) is 29.6 Å². The Morgan fingerprint density at radius 1 is 1.57 bits per heavy atom. The number of hydrogen-bond acceptors (Lipinski definition) is 2. The Kier molecular flexibility index (Phi) is 2.52. The maximum absolute atomic E-state index is 6.20. The number of halogens is 1. The molecule has 2 nitrogen and oxygen atoms in total. The molecular formula is C11H15ClN2. The molecule has 0 amide bonds. The first-order valence-electron chi connectivity index (χ1n) is 4.85. The monoisotopic (exact) mass is 210 g/mol. The third kappa shape index (κ3) is 1.78. The van der Waals surface area contributed by atoms with Crippen LogP contribution in [-0.4, -0.2) is 18.6 Å². The molecule has 1 saturated heterocycles. The number of rotatable bonds is 1. The Morgan fingerprint density at radius 2 is 2.36 bits per heavy atom. The van der Waals surface area contributed by atoms with Gasteiger partial charge in [-0.05, 0) is 24.6 Å². The molecule has 0 aromatic heterocycles. The van der Waals surface area contributed by atoms with E-state index in [4.69, 9.17) is 17.3 Å². The summed E-state index contributed by atoms with van der Waals surface area (Å²) in [7, 11) is 0. The van der Waals surface area contributed by atoms with Gasteiger partial charge in [0.25, 0.3) is 0 Å². The maximum Gasteiger partial charge on any atom is 0.0408 e. The molecule has 0 bridgehead atoms. The molecule has 1 aliphatic heterocycles. The average molecular weight is 211 g/mol. The molecule has 76 valence electrons. The summed E-state index contributed by atoms with van der Waals surface area (Å²) in [6.07, 6.45) is 0. The molecule has 1 heterocycles. The van der Waals surface area contributed by atoms with E-state index in [9.17, 15) is 0 Å². The molecule has 3 heteroatoms. The van der Waals surface area contributed by atoms with Crippen molar-refractivity contribution < 1.29 is 0 Å². The molecule has 14 heavy (non-hydrogen) atoms. The topological polar surface area (TPSA) is 38.0 Å². The van der Waals surface area contributed by atoms with Crippen molar-refractivity contribution in [3.63, 3.8) is 0 Å². The molecule has 1 fully saturated rings. The van der Waals surface area contributed by atoms with Crippen molar-refractivity contribution in [2.75, 3.05) is 13.1 Å². The molecule has 1 aliphatic rings. The van der Waals surface area contributed by atoms with Gasteiger partial charge in [0.2, 0.25) is 0 Å². The standard InChI is InChI=1S/C11H15ClN2/c1-11(13)7-14-6-10(11)8-3-2-4-9(12)5-8/h2-5,10,14H,6-7,13H2,1H3/t10-,11+/m0/s1. The lowest BCUT2D eigenvalue weighted by Crippen LogP contribution is -2.42. The maximum atomic E-state index is 6.20. The first-order chi connectivity index (χ1) is 6.59. The van der Waals surface area contributed by atoms with Crippen LogP contribution in [0.1, 0.15) is 18.4 Å². The highest BCUT2D eigenvalue weighted by Gasteiger charge is 2.35. The van der Waals surface area contributed by atoms with E-state index in [2.05, 4.69) is 18.3 Å². The van der Waals surface area contributed by atoms with E-state index in [1.165, 1.54) is 5.56 Å². The van der Waals surface area contributed by atoms with E-state index >= 15 is 0 Å². The normalized spacial score (nSPS) is 32.1. The fourth-order valence-corrected chi connectivity index (χ4v) is 2.26. The number of hydrogen-bond donors (Lipinski definition) is 2. The van der Waals surface area contributed by atoms with Crippen LogP contribution in [0.15, 0.2) is 24.3 Å². The smallest absolute Gasteiger partial charge is 0.0408 e. The van der Waals surface area contributed by atoms with Crippen LogP contribution in [0.4, 0.5) is 0 Å². The predicted molar refractivity (Wildman–Crippen MR) is 59.7 cm³/mol. The number of nitrogens with two attached hydrogens (primary N) is 1. The molecule has 0 unspecified atom stereocenters. The van der Waals surface area contributed by atoms with Crippen molar-refractivity contribution in [1.29, 1.82) is 0 Å². The summed E-state index contributed by atoms with van der Waals surface area (Å²) in [4.78, 5) is 0. The summed E-state index contributed by atoms with van der Waals surface area (Å²) >= 11 is 5.96. The Labute approximate surface area is 89.4 Å². The van der Waals surface area contributed by atoms with Gasteiger partial charge in [-0.15, -0.1) is 0 Å². The molecule has 0 spiro atoms. The minimum absolute atomic E-state index is 0.162. The summed E-state index contributed by atoms with van der Waals surface area (Å²) in [6, 6.07) is 7.96. The summed E-state index contributed by atoms with van der Waals surface area (Å²) in [6.45, 7) is 3.89. The van der Waals surface area contributed by atoms with Crippen molar-refractivity contribution in [2.24, 2.45) is 5.73 Å². The van der Waals surface area contributed by atoms with Crippen molar-refractivity contribution in [2.45, 2.75) is 18.4 Å². The lowest BCUT2D eigenvalue weighted by Gasteiger charge is -2.26. The minimum atomic E-state index is -0.162. The molecule has 0 aliphatic carbocycles. The van der Waals surface area contributed by atoms with Crippen LogP contribution >= 0.6 is 11.6 Å². The summed E-state index contributed by atoms with van der Waals surface area (Å²) in [5.41, 5.74) is 7.27. The largest absolute Gasteiger partial charge is 0.324 e. The quantitative estimate of drug-likeness (QED) is 0.741. The highest BCUT2D eigenvalue weighted by Crippen LogP contribution is 2.30. The zero-order valence-corrected chi connectivity index (χ0v) is 9.01. The van der Waals surface area contributed by atoms with Crippen LogP contribution in [0.5, 0.6) is 0 Å². The zero-order chi connectivity index (χ0) is 10.2. The summed E-state index contributed by atoms with van der Waals surface area (Å²) in [5, 5.41) is 4.10. The van der Waals surface area contributed by atoms with E-state index in [1.54, 1.807) is 0 Å². The molecule has 2 rings (SSSR count). The van der Waals surface area contributed by atoms with Crippen LogP contribution < -0.4 is 11.1 Å². The predicted octanol–water partition coefficient (Wildman–Crippen LogP) is 1.74. The van der Waals surface area contributed by atoms with Crippen LogP contribution in [0, 0.1) is 0 Å². The molecule has 0 radical (unpaired) electrons. The van der Waals surface area contributed by atoms with Crippen LogP contribution in [0.3, 0.4) is 0 Å². The lowest BCUT2D eigenvalue weighted by atomic mass is 9.84. The Balaban J connectivity index is 2.31. The fraction of sp³-hybridized carbons (Fsp3) is 0.455. The third-order valence-electron chi connectivity index (χ3n) is 2.90. The second kappa shape index (κ2) is 3.54. The minimum Gasteiger partial charge on any atom is -0.324 e.